The van der Waals surface area contributed by atoms with Gasteiger partial charge in [0.25, 0.3) is 0 Å². The zero-order chi connectivity index (χ0) is 15.7. The summed E-state index contributed by atoms with van der Waals surface area (Å²) in [5.41, 5.74) is 3.88. The Hall–Kier alpha value is -2.30. The maximum atomic E-state index is 12.6. The summed E-state index contributed by atoms with van der Waals surface area (Å²) in [6.07, 6.45) is 1.94. The van der Waals surface area contributed by atoms with Crippen molar-refractivity contribution in [3.8, 4) is 0 Å². The molecule has 2 amide bonds. The van der Waals surface area contributed by atoms with Crippen molar-refractivity contribution in [1.29, 1.82) is 0 Å². The Morgan fingerprint density at radius 2 is 2.18 bits per heavy atom. The van der Waals surface area contributed by atoms with Gasteiger partial charge in [0.2, 0.25) is 0 Å². The van der Waals surface area contributed by atoms with Crippen molar-refractivity contribution >= 4 is 11.7 Å². The van der Waals surface area contributed by atoms with Gasteiger partial charge in [-0.15, -0.1) is 0 Å². The van der Waals surface area contributed by atoms with E-state index in [-0.39, 0.29) is 12.1 Å². The van der Waals surface area contributed by atoms with Crippen LogP contribution in [0.15, 0.2) is 28.8 Å². The quantitative estimate of drug-likeness (QED) is 0.912. The zero-order valence-corrected chi connectivity index (χ0v) is 13.2. The van der Waals surface area contributed by atoms with Crippen LogP contribution in [0.4, 0.5) is 10.5 Å². The summed E-state index contributed by atoms with van der Waals surface area (Å²) in [5.74, 6) is 0.803. The molecule has 0 radical (unpaired) electrons. The van der Waals surface area contributed by atoms with Gasteiger partial charge in [-0.2, -0.15) is 0 Å². The lowest BCUT2D eigenvalue weighted by Gasteiger charge is -2.25. The number of benzene rings is 1. The first-order valence-electron chi connectivity index (χ1n) is 7.63. The van der Waals surface area contributed by atoms with E-state index in [1.54, 1.807) is 0 Å². The predicted octanol–water partition coefficient (Wildman–Crippen LogP) is 3.97. The number of aryl methyl sites for hydroxylation is 3. The number of likely N-dealkylation sites (tertiary alicyclic amines) is 1. The normalized spacial score (nSPS) is 17.8. The average molecular weight is 299 g/mol. The Morgan fingerprint density at radius 1 is 1.36 bits per heavy atom. The van der Waals surface area contributed by atoms with Gasteiger partial charge >= 0.3 is 6.03 Å². The van der Waals surface area contributed by atoms with Gasteiger partial charge in [-0.1, -0.05) is 17.3 Å². The Labute approximate surface area is 130 Å². The van der Waals surface area contributed by atoms with Crippen LogP contribution in [-0.4, -0.2) is 22.6 Å². The van der Waals surface area contributed by atoms with E-state index in [2.05, 4.69) is 10.5 Å². The summed E-state index contributed by atoms with van der Waals surface area (Å²) in [4.78, 5) is 14.5. The summed E-state index contributed by atoms with van der Waals surface area (Å²) >= 11 is 0. The van der Waals surface area contributed by atoms with Crippen LogP contribution in [0.1, 0.15) is 41.5 Å². The van der Waals surface area contributed by atoms with Crippen molar-refractivity contribution in [3.05, 3.63) is 46.8 Å². The first-order valence-corrected chi connectivity index (χ1v) is 7.63. The molecule has 116 valence electrons. The van der Waals surface area contributed by atoms with Crippen LogP contribution in [0, 0.1) is 20.8 Å². The molecule has 5 heteroatoms. The molecule has 2 heterocycles. The van der Waals surface area contributed by atoms with E-state index in [4.69, 9.17) is 4.52 Å². The third-order valence-electron chi connectivity index (χ3n) is 4.20. The summed E-state index contributed by atoms with van der Waals surface area (Å²) in [6, 6.07) is 7.83. The summed E-state index contributed by atoms with van der Waals surface area (Å²) < 4.78 is 5.26. The molecule has 0 saturated carbocycles. The molecular weight excluding hydrogens is 278 g/mol. The number of aromatic nitrogens is 1. The number of urea groups is 1. The molecule has 0 spiro atoms. The minimum Gasteiger partial charge on any atom is -0.361 e. The fourth-order valence-corrected chi connectivity index (χ4v) is 3.19. The Morgan fingerprint density at radius 3 is 2.86 bits per heavy atom. The highest BCUT2D eigenvalue weighted by Crippen LogP contribution is 2.35. The van der Waals surface area contributed by atoms with E-state index in [0.717, 1.165) is 47.7 Å². The lowest BCUT2D eigenvalue weighted by Crippen LogP contribution is -2.34. The highest BCUT2D eigenvalue weighted by molar-refractivity contribution is 5.90. The number of amides is 2. The topological polar surface area (TPSA) is 58.4 Å². The Kier molecular flexibility index (Phi) is 3.88. The predicted molar refractivity (Wildman–Crippen MR) is 84.9 cm³/mol. The van der Waals surface area contributed by atoms with Crippen LogP contribution < -0.4 is 5.32 Å². The lowest BCUT2D eigenvalue weighted by atomic mass is 10.0. The molecule has 0 aliphatic carbocycles. The van der Waals surface area contributed by atoms with E-state index in [0.29, 0.717) is 0 Å². The lowest BCUT2D eigenvalue weighted by molar-refractivity contribution is 0.206. The van der Waals surface area contributed by atoms with Gasteiger partial charge in [0, 0.05) is 17.8 Å². The van der Waals surface area contributed by atoms with Gasteiger partial charge in [0.15, 0.2) is 0 Å². The largest absolute Gasteiger partial charge is 0.361 e. The molecule has 2 aromatic rings. The van der Waals surface area contributed by atoms with Crippen LogP contribution in [-0.2, 0) is 0 Å². The number of hydrogen-bond acceptors (Lipinski definition) is 3. The molecule has 3 rings (SSSR count). The van der Waals surface area contributed by atoms with Gasteiger partial charge in [-0.05, 0) is 51.3 Å². The van der Waals surface area contributed by atoms with Crippen molar-refractivity contribution < 1.29 is 9.32 Å². The van der Waals surface area contributed by atoms with E-state index in [1.165, 1.54) is 0 Å². The molecule has 0 bridgehead atoms. The SMILES string of the molecule is Cc1cccc(NC(=O)N2CCCC2c2c(C)noc2C)c1. The fourth-order valence-electron chi connectivity index (χ4n) is 3.19. The van der Waals surface area contributed by atoms with E-state index >= 15 is 0 Å². The van der Waals surface area contributed by atoms with Crippen molar-refractivity contribution in [1.82, 2.24) is 10.1 Å². The number of rotatable bonds is 2. The van der Waals surface area contributed by atoms with Gasteiger partial charge in [-0.3, -0.25) is 0 Å². The number of nitrogens with one attached hydrogen (secondary N) is 1. The first kappa shape index (κ1) is 14.6. The van der Waals surface area contributed by atoms with Gasteiger partial charge in [0.1, 0.15) is 5.76 Å². The number of hydrogen-bond donors (Lipinski definition) is 1. The molecule has 1 aromatic carbocycles. The van der Waals surface area contributed by atoms with Crippen molar-refractivity contribution in [2.24, 2.45) is 0 Å². The monoisotopic (exact) mass is 299 g/mol. The third kappa shape index (κ3) is 2.71. The molecule has 1 unspecified atom stereocenters. The minimum atomic E-state index is -0.0619. The smallest absolute Gasteiger partial charge is 0.322 e. The van der Waals surface area contributed by atoms with Gasteiger partial charge < -0.3 is 14.7 Å². The van der Waals surface area contributed by atoms with Crippen LogP contribution in [0.5, 0.6) is 0 Å². The summed E-state index contributed by atoms with van der Waals surface area (Å²) in [6.45, 7) is 6.61. The average Bonchev–Trinajstić information content (AvgIpc) is 3.05. The maximum absolute atomic E-state index is 12.6. The van der Waals surface area contributed by atoms with E-state index in [1.807, 2.05) is 49.9 Å². The Balaban J connectivity index is 1.80. The fraction of sp³-hybridized carbons (Fsp3) is 0.412. The standard InChI is InChI=1S/C17H21N3O2/c1-11-6-4-7-14(10-11)18-17(21)20-9-5-8-15(20)16-12(2)19-22-13(16)3/h4,6-7,10,15H,5,8-9H2,1-3H3,(H,18,21). The zero-order valence-electron chi connectivity index (χ0n) is 13.2. The summed E-state index contributed by atoms with van der Waals surface area (Å²) in [7, 11) is 0. The second-order valence-corrected chi connectivity index (χ2v) is 5.89. The van der Waals surface area contributed by atoms with Crippen LogP contribution >= 0.6 is 0 Å². The minimum absolute atomic E-state index is 0.0519. The van der Waals surface area contributed by atoms with E-state index in [9.17, 15) is 4.79 Å². The maximum Gasteiger partial charge on any atom is 0.322 e. The van der Waals surface area contributed by atoms with Crippen molar-refractivity contribution in [2.75, 3.05) is 11.9 Å². The molecule has 1 fully saturated rings. The van der Waals surface area contributed by atoms with Crippen LogP contribution in [0.2, 0.25) is 0 Å². The second kappa shape index (κ2) is 5.83. The molecule has 22 heavy (non-hydrogen) atoms. The molecule has 1 aliphatic rings. The Bertz CT molecular complexity index is 673. The highest BCUT2D eigenvalue weighted by Gasteiger charge is 2.33. The molecule has 1 aromatic heterocycles. The van der Waals surface area contributed by atoms with Gasteiger partial charge in [0.05, 0.1) is 11.7 Å². The third-order valence-corrected chi connectivity index (χ3v) is 4.20. The molecule has 1 aliphatic heterocycles. The molecule has 1 N–H and O–H groups in total. The second-order valence-electron chi connectivity index (χ2n) is 5.89. The van der Waals surface area contributed by atoms with Crippen molar-refractivity contribution in [3.63, 3.8) is 0 Å². The first-order chi connectivity index (χ1) is 10.6. The molecule has 5 nitrogen and oxygen atoms in total. The summed E-state index contributed by atoms with van der Waals surface area (Å²) in [5, 5.41) is 7.01. The number of nitrogens with zero attached hydrogens (tertiary/aromatic N) is 2. The number of carbonyl (C=O) groups is 1. The molecule has 1 saturated heterocycles. The molecular formula is C17H21N3O2. The van der Waals surface area contributed by atoms with Gasteiger partial charge in [-0.25, -0.2) is 4.79 Å². The van der Waals surface area contributed by atoms with E-state index < -0.39 is 0 Å². The van der Waals surface area contributed by atoms with Crippen molar-refractivity contribution in [2.45, 2.75) is 39.7 Å². The number of carbonyl (C=O) groups excluding carboxylic acids is 1. The van der Waals surface area contributed by atoms with Crippen LogP contribution in [0.3, 0.4) is 0 Å². The number of anilines is 1. The molecule has 1 atom stereocenters. The van der Waals surface area contributed by atoms with Crippen LogP contribution in [0.25, 0.3) is 0 Å². The highest BCUT2D eigenvalue weighted by atomic mass is 16.5.